The van der Waals surface area contributed by atoms with Gasteiger partial charge in [-0.25, -0.2) is 0 Å². The maximum Gasteiger partial charge on any atom is 0.223 e. The number of ether oxygens (including phenoxy) is 2. The smallest absolute Gasteiger partial charge is 0.223 e. The van der Waals surface area contributed by atoms with Crippen molar-refractivity contribution < 1.29 is 14.3 Å². The minimum Gasteiger partial charge on any atom is -0.493 e. The maximum atomic E-state index is 12.8. The number of hydrogen-bond donors (Lipinski definition) is 0. The molecular weight excluding hydrogens is 326 g/mol. The van der Waals surface area contributed by atoms with Gasteiger partial charge in [0.25, 0.3) is 0 Å². The van der Waals surface area contributed by atoms with E-state index in [1.165, 1.54) is 11.1 Å². The Morgan fingerprint density at radius 3 is 2.65 bits per heavy atom. The molecule has 1 aliphatic rings. The van der Waals surface area contributed by atoms with Gasteiger partial charge in [0.2, 0.25) is 5.91 Å². The van der Waals surface area contributed by atoms with Gasteiger partial charge in [-0.15, -0.1) is 0 Å². The average Bonchev–Trinajstić information content (AvgIpc) is 3.15. The van der Waals surface area contributed by atoms with E-state index >= 15 is 0 Å². The molecule has 1 amide bonds. The standard InChI is InChI=1S/C22H27NO3/c1-16-6-4-7-17(14-16)9-12-22(24)23-13-5-8-19(23)18-10-11-20(25-2)21(15-18)26-3/h4,6-7,10-11,14-15,19H,5,8-9,12-13H2,1-3H3. The number of rotatable bonds is 6. The van der Waals surface area contributed by atoms with Crippen molar-refractivity contribution >= 4 is 5.91 Å². The monoisotopic (exact) mass is 353 g/mol. The molecule has 1 saturated heterocycles. The Labute approximate surface area is 155 Å². The fourth-order valence-corrected chi connectivity index (χ4v) is 3.73. The third-order valence-electron chi connectivity index (χ3n) is 5.08. The van der Waals surface area contributed by atoms with Crippen LogP contribution < -0.4 is 9.47 Å². The Balaban J connectivity index is 1.70. The predicted octanol–water partition coefficient (Wildman–Crippen LogP) is 4.31. The molecule has 0 N–H and O–H groups in total. The Hall–Kier alpha value is -2.49. The van der Waals surface area contributed by atoms with E-state index in [1.54, 1.807) is 14.2 Å². The highest BCUT2D eigenvalue weighted by atomic mass is 16.5. The zero-order valence-electron chi connectivity index (χ0n) is 15.8. The molecule has 3 rings (SSSR count). The van der Waals surface area contributed by atoms with E-state index < -0.39 is 0 Å². The zero-order chi connectivity index (χ0) is 18.5. The first-order valence-electron chi connectivity index (χ1n) is 9.19. The number of hydrogen-bond acceptors (Lipinski definition) is 3. The number of benzene rings is 2. The van der Waals surface area contributed by atoms with Crippen LogP contribution in [-0.4, -0.2) is 31.6 Å². The summed E-state index contributed by atoms with van der Waals surface area (Å²) in [4.78, 5) is 14.9. The molecule has 1 fully saturated rings. The molecule has 0 aromatic heterocycles. The third kappa shape index (κ3) is 4.01. The van der Waals surface area contributed by atoms with Gasteiger partial charge in [-0.2, -0.15) is 0 Å². The lowest BCUT2D eigenvalue weighted by Crippen LogP contribution is -2.30. The van der Waals surface area contributed by atoms with Crippen LogP contribution in [0.2, 0.25) is 0 Å². The lowest BCUT2D eigenvalue weighted by molar-refractivity contribution is -0.132. The molecule has 2 aromatic rings. The quantitative estimate of drug-likeness (QED) is 0.777. The van der Waals surface area contributed by atoms with Gasteiger partial charge in [-0.05, 0) is 49.4 Å². The van der Waals surface area contributed by atoms with Crippen molar-refractivity contribution in [3.63, 3.8) is 0 Å². The van der Waals surface area contributed by atoms with Gasteiger partial charge in [0.05, 0.1) is 20.3 Å². The molecular formula is C22H27NO3. The summed E-state index contributed by atoms with van der Waals surface area (Å²) in [5, 5.41) is 0. The van der Waals surface area contributed by atoms with Crippen LogP contribution in [0.5, 0.6) is 11.5 Å². The molecule has 4 nitrogen and oxygen atoms in total. The number of nitrogens with zero attached hydrogens (tertiary/aromatic N) is 1. The normalized spacial score (nSPS) is 16.6. The van der Waals surface area contributed by atoms with Gasteiger partial charge >= 0.3 is 0 Å². The van der Waals surface area contributed by atoms with Crippen LogP contribution in [0, 0.1) is 6.92 Å². The van der Waals surface area contributed by atoms with E-state index in [0.29, 0.717) is 17.9 Å². The first-order valence-corrected chi connectivity index (χ1v) is 9.19. The molecule has 1 aliphatic heterocycles. The molecule has 138 valence electrons. The summed E-state index contributed by atoms with van der Waals surface area (Å²) in [5.74, 6) is 1.65. The molecule has 1 atom stereocenters. The minimum absolute atomic E-state index is 0.125. The van der Waals surface area contributed by atoms with Gasteiger partial charge in [0.1, 0.15) is 0 Å². The second-order valence-electron chi connectivity index (χ2n) is 6.85. The van der Waals surface area contributed by atoms with Crippen LogP contribution in [0.1, 0.15) is 42.0 Å². The summed E-state index contributed by atoms with van der Waals surface area (Å²) in [5.41, 5.74) is 3.57. The Morgan fingerprint density at radius 1 is 1.12 bits per heavy atom. The van der Waals surface area contributed by atoms with Crippen LogP contribution in [0.4, 0.5) is 0 Å². The first-order chi connectivity index (χ1) is 12.6. The van der Waals surface area contributed by atoms with E-state index in [-0.39, 0.29) is 11.9 Å². The van der Waals surface area contributed by atoms with Crippen molar-refractivity contribution in [1.82, 2.24) is 4.90 Å². The number of carbonyl (C=O) groups excluding carboxylic acids is 1. The molecule has 1 heterocycles. The molecule has 0 spiro atoms. The summed E-state index contributed by atoms with van der Waals surface area (Å²) < 4.78 is 10.7. The van der Waals surface area contributed by atoms with E-state index in [1.807, 2.05) is 23.1 Å². The van der Waals surface area contributed by atoms with Crippen LogP contribution >= 0.6 is 0 Å². The van der Waals surface area contributed by atoms with Crippen LogP contribution in [0.3, 0.4) is 0 Å². The third-order valence-corrected chi connectivity index (χ3v) is 5.08. The highest BCUT2D eigenvalue weighted by Crippen LogP contribution is 2.37. The number of amides is 1. The number of carbonyl (C=O) groups is 1. The molecule has 0 bridgehead atoms. The largest absolute Gasteiger partial charge is 0.493 e. The number of likely N-dealkylation sites (tertiary alicyclic amines) is 1. The molecule has 0 radical (unpaired) electrons. The summed E-state index contributed by atoms with van der Waals surface area (Å²) in [7, 11) is 3.27. The van der Waals surface area contributed by atoms with Crippen molar-refractivity contribution in [2.75, 3.05) is 20.8 Å². The highest BCUT2D eigenvalue weighted by molar-refractivity contribution is 5.77. The van der Waals surface area contributed by atoms with E-state index in [2.05, 4.69) is 31.2 Å². The van der Waals surface area contributed by atoms with Crippen LogP contribution in [-0.2, 0) is 11.2 Å². The first kappa shape index (κ1) is 18.3. The topological polar surface area (TPSA) is 38.8 Å². The van der Waals surface area contributed by atoms with E-state index in [4.69, 9.17) is 9.47 Å². The maximum absolute atomic E-state index is 12.8. The summed E-state index contributed by atoms with van der Waals surface area (Å²) in [6.07, 6.45) is 3.36. The molecule has 1 unspecified atom stereocenters. The van der Waals surface area contributed by atoms with Crippen molar-refractivity contribution in [2.45, 2.75) is 38.6 Å². The fourth-order valence-electron chi connectivity index (χ4n) is 3.73. The van der Waals surface area contributed by atoms with Gasteiger partial charge in [0, 0.05) is 13.0 Å². The van der Waals surface area contributed by atoms with Gasteiger partial charge in [0.15, 0.2) is 11.5 Å². The van der Waals surface area contributed by atoms with Gasteiger partial charge in [-0.1, -0.05) is 35.9 Å². The Kier molecular flexibility index (Phi) is 5.82. The van der Waals surface area contributed by atoms with Crippen molar-refractivity contribution in [2.24, 2.45) is 0 Å². The van der Waals surface area contributed by atoms with E-state index in [9.17, 15) is 4.79 Å². The predicted molar refractivity (Wildman–Crippen MR) is 103 cm³/mol. The number of methoxy groups -OCH3 is 2. The number of aryl methyl sites for hydroxylation is 2. The summed E-state index contributed by atoms with van der Waals surface area (Å²) in [6, 6.07) is 14.5. The second-order valence-corrected chi connectivity index (χ2v) is 6.85. The molecule has 0 saturated carbocycles. The Morgan fingerprint density at radius 2 is 1.92 bits per heavy atom. The van der Waals surface area contributed by atoms with E-state index in [0.717, 1.165) is 31.4 Å². The van der Waals surface area contributed by atoms with Gasteiger partial charge < -0.3 is 14.4 Å². The molecule has 0 aliphatic carbocycles. The summed E-state index contributed by atoms with van der Waals surface area (Å²) in [6.45, 7) is 2.91. The lowest BCUT2D eigenvalue weighted by atomic mass is 10.0. The minimum atomic E-state index is 0.125. The molecule has 2 aromatic carbocycles. The SMILES string of the molecule is COc1ccc(C2CCCN2C(=O)CCc2cccc(C)c2)cc1OC. The summed E-state index contributed by atoms with van der Waals surface area (Å²) >= 11 is 0. The molecule has 4 heteroatoms. The van der Waals surface area contributed by atoms with Crippen molar-refractivity contribution in [3.05, 3.63) is 59.2 Å². The average molecular weight is 353 g/mol. The molecule has 26 heavy (non-hydrogen) atoms. The zero-order valence-corrected chi connectivity index (χ0v) is 15.8. The highest BCUT2D eigenvalue weighted by Gasteiger charge is 2.30. The Bertz CT molecular complexity index is 772. The fraction of sp³-hybridized carbons (Fsp3) is 0.409. The lowest BCUT2D eigenvalue weighted by Gasteiger charge is -2.26. The van der Waals surface area contributed by atoms with Crippen LogP contribution in [0.25, 0.3) is 0 Å². The van der Waals surface area contributed by atoms with Crippen LogP contribution in [0.15, 0.2) is 42.5 Å². The second kappa shape index (κ2) is 8.26. The van der Waals surface area contributed by atoms with Crippen molar-refractivity contribution in [3.8, 4) is 11.5 Å². The van der Waals surface area contributed by atoms with Gasteiger partial charge in [-0.3, -0.25) is 4.79 Å². The van der Waals surface area contributed by atoms with Crippen molar-refractivity contribution in [1.29, 1.82) is 0 Å².